The second-order valence-electron chi connectivity index (χ2n) is 5.01. The summed E-state index contributed by atoms with van der Waals surface area (Å²) in [6.07, 6.45) is 0. The van der Waals surface area contributed by atoms with Crippen molar-refractivity contribution in [2.24, 2.45) is 0 Å². The number of carbonyl (C=O) groups is 2. The van der Waals surface area contributed by atoms with Gasteiger partial charge in [0.05, 0.1) is 17.4 Å². The fraction of sp³-hybridized carbons (Fsp3) is 0.167. The predicted molar refractivity (Wildman–Crippen MR) is 95.8 cm³/mol. The van der Waals surface area contributed by atoms with Gasteiger partial charge in [0.15, 0.2) is 0 Å². The summed E-state index contributed by atoms with van der Waals surface area (Å²) in [5.74, 6) is 0.686. The van der Waals surface area contributed by atoms with Crippen LogP contribution in [0.15, 0.2) is 48.5 Å². The minimum atomic E-state index is -0.193. The summed E-state index contributed by atoms with van der Waals surface area (Å²) in [4.78, 5) is 23.6. The number of hydrogen-bond acceptors (Lipinski definition) is 4. The molecule has 2 amide bonds. The van der Waals surface area contributed by atoms with Crippen LogP contribution in [0.4, 0.5) is 5.69 Å². The van der Waals surface area contributed by atoms with E-state index in [4.69, 9.17) is 5.26 Å². The minimum absolute atomic E-state index is 0.122. The quantitative estimate of drug-likeness (QED) is 0.848. The highest BCUT2D eigenvalue weighted by molar-refractivity contribution is 7.99. The molecule has 24 heavy (non-hydrogen) atoms. The highest BCUT2D eigenvalue weighted by Gasteiger charge is 2.07. The SMILES string of the molecule is CNC(=O)c1cccc(NC(=O)CSCc2ccc(C#N)cc2)c1. The van der Waals surface area contributed by atoms with Crippen molar-refractivity contribution in [2.45, 2.75) is 5.75 Å². The number of carbonyl (C=O) groups excluding carboxylic acids is 2. The summed E-state index contributed by atoms with van der Waals surface area (Å²) >= 11 is 1.49. The van der Waals surface area contributed by atoms with E-state index < -0.39 is 0 Å². The first kappa shape index (κ1) is 17.6. The van der Waals surface area contributed by atoms with Gasteiger partial charge in [-0.25, -0.2) is 0 Å². The Balaban J connectivity index is 1.83. The Kier molecular flexibility index (Phi) is 6.41. The molecule has 0 aromatic heterocycles. The van der Waals surface area contributed by atoms with E-state index in [0.29, 0.717) is 28.3 Å². The lowest BCUT2D eigenvalue weighted by Crippen LogP contribution is -2.19. The summed E-state index contributed by atoms with van der Waals surface area (Å²) in [5, 5.41) is 14.1. The van der Waals surface area contributed by atoms with Crippen LogP contribution in [-0.4, -0.2) is 24.6 Å². The van der Waals surface area contributed by atoms with Crippen molar-refractivity contribution in [2.75, 3.05) is 18.1 Å². The maximum Gasteiger partial charge on any atom is 0.251 e. The van der Waals surface area contributed by atoms with Gasteiger partial charge in [-0.3, -0.25) is 9.59 Å². The molecular weight excluding hydrogens is 322 g/mol. The number of nitrogens with one attached hydrogen (secondary N) is 2. The topological polar surface area (TPSA) is 82.0 Å². The summed E-state index contributed by atoms with van der Waals surface area (Å²) in [5.41, 5.74) is 2.78. The number of benzene rings is 2. The number of anilines is 1. The van der Waals surface area contributed by atoms with Crippen LogP contribution in [-0.2, 0) is 10.5 Å². The van der Waals surface area contributed by atoms with Gasteiger partial charge in [-0.15, -0.1) is 11.8 Å². The third kappa shape index (κ3) is 5.14. The van der Waals surface area contributed by atoms with E-state index in [1.807, 2.05) is 12.1 Å². The van der Waals surface area contributed by atoms with Gasteiger partial charge in [-0.1, -0.05) is 18.2 Å². The minimum Gasteiger partial charge on any atom is -0.355 e. The average Bonchev–Trinajstić information content (AvgIpc) is 2.61. The van der Waals surface area contributed by atoms with Crippen molar-refractivity contribution in [3.8, 4) is 6.07 Å². The maximum absolute atomic E-state index is 12.0. The molecule has 0 saturated heterocycles. The van der Waals surface area contributed by atoms with Gasteiger partial charge >= 0.3 is 0 Å². The fourth-order valence-corrected chi connectivity index (χ4v) is 2.80. The Morgan fingerprint density at radius 3 is 2.58 bits per heavy atom. The summed E-state index contributed by atoms with van der Waals surface area (Å²) in [7, 11) is 1.56. The monoisotopic (exact) mass is 339 g/mol. The zero-order valence-corrected chi connectivity index (χ0v) is 14.0. The van der Waals surface area contributed by atoms with Crippen molar-refractivity contribution in [1.82, 2.24) is 5.32 Å². The van der Waals surface area contributed by atoms with Crippen molar-refractivity contribution in [3.05, 3.63) is 65.2 Å². The number of rotatable bonds is 6. The molecule has 0 aliphatic heterocycles. The molecule has 0 spiro atoms. The highest BCUT2D eigenvalue weighted by atomic mass is 32.2. The van der Waals surface area contributed by atoms with E-state index in [0.717, 1.165) is 5.56 Å². The van der Waals surface area contributed by atoms with E-state index in [-0.39, 0.29) is 11.8 Å². The van der Waals surface area contributed by atoms with Crippen LogP contribution < -0.4 is 10.6 Å². The van der Waals surface area contributed by atoms with Gasteiger partial charge in [-0.2, -0.15) is 5.26 Å². The second-order valence-corrected chi connectivity index (χ2v) is 6.00. The molecule has 0 atom stereocenters. The molecule has 2 N–H and O–H groups in total. The number of hydrogen-bond donors (Lipinski definition) is 2. The van der Waals surface area contributed by atoms with Crippen LogP contribution in [0, 0.1) is 11.3 Å². The first-order valence-electron chi connectivity index (χ1n) is 7.31. The first-order chi connectivity index (χ1) is 11.6. The smallest absolute Gasteiger partial charge is 0.251 e. The Bertz CT molecular complexity index is 767. The maximum atomic E-state index is 12.0. The molecule has 0 radical (unpaired) electrons. The van der Waals surface area contributed by atoms with Gasteiger partial charge in [0.25, 0.3) is 5.91 Å². The highest BCUT2D eigenvalue weighted by Crippen LogP contribution is 2.15. The number of thioether (sulfide) groups is 1. The molecule has 5 nitrogen and oxygen atoms in total. The van der Waals surface area contributed by atoms with E-state index in [2.05, 4.69) is 16.7 Å². The third-order valence-corrected chi connectivity index (χ3v) is 4.22. The standard InChI is InChI=1S/C18H17N3O2S/c1-20-18(23)15-3-2-4-16(9-15)21-17(22)12-24-11-14-7-5-13(10-19)6-8-14/h2-9H,11-12H2,1H3,(H,20,23)(H,21,22). The normalized spacial score (nSPS) is 9.83. The molecule has 0 aliphatic rings. The molecule has 0 bridgehead atoms. The summed E-state index contributed by atoms with van der Waals surface area (Å²) in [6, 6.07) is 16.2. The third-order valence-electron chi connectivity index (χ3n) is 3.22. The van der Waals surface area contributed by atoms with Gasteiger partial charge in [-0.05, 0) is 35.9 Å². The molecule has 0 saturated carbocycles. The van der Waals surface area contributed by atoms with E-state index >= 15 is 0 Å². The largest absolute Gasteiger partial charge is 0.355 e. The molecular formula is C18H17N3O2S. The lowest BCUT2D eigenvalue weighted by Gasteiger charge is -2.07. The lowest BCUT2D eigenvalue weighted by atomic mass is 10.2. The van der Waals surface area contributed by atoms with Crippen molar-refractivity contribution < 1.29 is 9.59 Å². The number of nitrogens with zero attached hydrogens (tertiary/aromatic N) is 1. The van der Waals surface area contributed by atoms with E-state index in [1.54, 1.807) is 43.4 Å². The zero-order valence-electron chi connectivity index (χ0n) is 13.2. The van der Waals surface area contributed by atoms with Gasteiger partial charge in [0.1, 0.15) is 0 Å². The molecule has 2 aromatic rings. The molecule has 2 aromatic carbocycles. The van der Waals surface area contributed by atoms with Crippen LogP contribution in [0.25, 0.3) is 0 Å². The Morgan fingerprint density at radius 2 is 1.92 bits per heavy atom. The van der Waals surface area contributed by atoms with E-state index in [9.17, 15) is 9.59 Å². The van der Waals surface area contributed by atoms with Crippen molar-refractivity contribution in [3.63, 3.8) is 0 Å². The molecule has 0 unspecified atom stereocenters. The number of nitriles is 1. The molecule has 2 rings (SSSR count). The fourth-order valence-electron chi connectivity index (χ4n) is 2.02. The van der Waals surface area contributed by atoms with E-state index in [1.165, 1.54) is 11.8 Å². The first-order valence-corrected chi connectivity index (χ1v) is 8.46. The molecule has 122 valence electrons. The number of amides is 2. The Hall–Kier alpha value is -2.78. The molecule has 0 aliphatic carbocycles. The van der Waals surface area contributed by atoms with Crippen LogP contribution in [0.3, 0.4) is 0 Å². The van der Waals surface area contributed by atoms with Crippen LogP contribution in [0.5, 0.6) is 0 Å². The lowest BCUT2D eigenvalue weighted by molar-refractivity contribution is -0.113. The molecule has 6 heteroatoms. The zero-order chi connectivity index (χ0) is 17.4. The van der Waals surface area contributed by atoms with Crippen LogP contribution in [0.1, 0.15) is 21.5 Å². The van der Waals surface area contributed by atoms with Crippen LogP contribution >= 0.6 is 11.8 Å². The predicted octanol–water partition coefficient (Wildman–Crippen LogP) is 2.79. The Labute approximate surface area is 145 Å². The molecule has 0 fully saturated rings. The summed E-state index contributed by atoms with van der Waals surface area (Å²) in [6.45, 7) is 0. The van der Waals surface area contributed by atoms with Crippen LogP contribution in [0.2, 0.25) is 0 Å². The van der Waals surface area contributed by atoms with Gasteiger partial charge in [0, 0.05) is 24.1 Å². The second kappa shape index (κ2) is 8.75. The van der Waals surface area contributed by atoms with Gasteiger partial charge < -0.3 is 10.6 Å². The molecule has 0 heterocycles. The van der Waals surface area contributed by atoms with Gasteiger partial charge in [0.2, 0.25) is 5.91 Å². The van der Waals surface area contributed by atoms with Crippen molar-refractivity contribution >= 4 is 29.3 Å². The summed E-state index contributed by atoms with van der Waals surface area (Å²) < 4.78 is 0. The average molecular weight is 339 g/mol. The Morgan fingerprint density at radius 1 is 1.17 bits per heavy atom. The van der Waals surface area contributed by atoms with Crippen molar-refractivity contribution in [1.29, 1.82) is 5.26 Å².